The van der Waals surface area contributed by atoms with E-state index in [9.17, 15) is 4.79 Å². The van der Waals surface area contributed by atoms with Gasteiger partial charge in [0.05, 0.1) is 30.0 Å². The average Bonchev–Trinajstić information content (AvgIpc) is 3.11. The van der Waals surface area contributed by atoms with Gasteiger partial charge in [-0.25, -0.2) is 4.98 Å². The first-order valence-corrected chi connectivity index (χ1v) is 8.36. The van der Waals surface area contributed by atoms with Crippen LogP contribution in [0.5, 0.6) is 0 Å². The molecule has 0 unspecified atom stereocenters. The number of aromatic nitrogens is 4. The maximum absolute atomic E-state index is 13.2. The minimum atomic E-state index is 0.0685. The Morgan fingerprint density at radius 3 is 2.79 bits per heavy atom. The molecule has 1 N–H and O–H groups in total. The summed E-state index contributed by atoms with van der Waals surface area (Å²) in [5, 5.41) is 7.73. The van der Waals surface area contributed by atoms with Crippen molar-refractivity contribution in [2.24, 2.45) is 5.92 Å². The second kappa shape index (κ2) is 6.39. The Balaban J connectivity index is 1.76. The molecule has 0 spiro atoms. The van der Waals surface area contributed by atoms with E-state index >= 15 is 0 Å². The van der Waals surface area contributed by atoms with Crippen LogP contribution in [0.1, 0.15) is 32.1 Å². The molecule has 0 atom stereocenters. The van der Waals surface area contributed by atoms with Crippen LogP contribution in [0.4, 0.5) is 11.4 Å². The predicted molar refractivity (Wildman–Crippen MR) is 91.8 cm³/mol. The number of hydrogen-bond acceptors (Lipinski definition) is 4. The van der Waals surface area contributed by atoms with Crippen molar-refractivity contribution < 1.29 is 4.79 Å². The van der Waals surface area contributed by atoms with E-state index in [0.717, 1.165) is 48.1 Å². The Bertz CT molecular complexity index is 839. The van der Waals surface area contributed by atoms with Gasteiger partial charge in [-0.15, -0.1) is 0 Å². The maximum Gasteiger partial charge on any atom is 0.234 e. The lowest BCUT2D eigenvalue weighted by Crippen LogP contribution is -2.33. The van der Waals surface area contributed by atoms with Gasteiger partial charge in [0, 0.05) is 17.5 Å². The Morgan fingerprint density at radius 1 is 1.12 bits per heavy atom. The second-order valence-corrected chi connectivity index (χ2v) is 6.22. The molecule has 24 heavy (non-hydrogen) atoms. The third-order valence-electron chi connectivity index (χ3n) is 4.61. The van der Waals surface area contributed by atoms with Crippen molar-refractivity contribution in [3.05, 3.63) is 43.0 Å². The van der Waals surface area contributed by atoms with E-state index in [-0.39, 0.29) is 11.8 Å². The third kappa shape index (κ3) is 2.75. The fraction of sp³-hybridized carbons (Fsp3) is 0.333. The summed E-state index contributed by atoms with van der Waals surface area (Å²) < 4.78 is 0. The van der Waals surface area contributed by atoms with E-state index in [1.807, 2.05) is 18.2 Å². The van der Waals surface area contributed by atoms with Gasteiger partial charge in [-0.1, -0.05) is 19.3 Å². The Morgan fingerprint density at radius 2 is 2.00 bits per heavy atom. The molecule has 1 aliphatic rings. The highest BCUT2D eigenvalue weighted by Crippen LogP contribution is 2.32. The number of fused-ring (bicyclic) bond motifs is 1. The van der Waals surface area contributed by atoms with Crippen LogP contribution in [-0.2, 0) is 4.79 Å². The molecule has 1 aliphatic carbocycles. The Hall–Kier alpha value is -2.76. The average molecular weight is 321 g/mol. The summed E-state index contributed by atoms with van der Waals surface area (Å²) >= 11 is 0. The van der Waals surface area contributed by atoms with Gasteiger partial charge in [0.2, 0.25) is 5.91 Å². The number of carbonyl (C=O) groups is 1. The molecule has 1 saturated carbocycles. The lowest BCUT2D eigenvalue weighted by molar-refractivity contribution is -0.122. The summed E-state index contributed by atoms with van der Waals surface area (Å²) in [5.41, 5.74) is 2.25. The molecule has 0 radical (unpaired) electrons. The summed E-state index contributed by atoms with van der Waals surface area (Å²) in [4.78, 5) is 23.5. The SMILES string of the molecule is O=C(C1CCCCC1)N(c1cccnc1)c1cnc2[nH]ncc2c1. The second-order valence-electron chi connectivity index (χ2n) is 6.22. The molecule has 3 aromatic rings. The van der Waals surface area contributed by atoms with E-state index in [2.05, 4.69) is 20.2 Å². The van der Waals surface area contributed by atoms with Crippen LogP contribution < -0.4 is 4.90 Å². The van der Waals surface area contributed by atoms with Crippen LogP contribution in [0.2, 0.25) is 0 Å². The lowest BCUT2D eigenvalue weighted by atomic mass is 9.88. The van der Waals surface area contributed by atoms with Crippen molar-refractivity contribution >= 4 is 28.3 Å². The van der Waals surface area contributed by atoms with Crippen LogP contribution >= 0.6 is 0 Å². The first-order valence-electron chi connectivity index (χ1n) is 8.36. The van der Waals surface area contributed by atoms with Crippen LogP contribution in [0.3, 0.4) is 0 Å². The van der Waals surface area contributed by atoms with Crippen LogP contribution in [0.15, 0.2) is 43.0 Å². The minimum absolute atomic E-state index is 0.0685. The van der Waals surface area contributed by atoms with Crippen molar-refractivity contribution in [2.45, 2.75) is 32.1 Å². The van der Waals surface area contributed by atoms with Gasteiger partial charge < -0.3 is 0 Å². The molecule has 0 aliphatic heterocycles. The Labute approximate surface area is 139 Å². The third-order valence-corrected chi connectivity index (χ3v) is 4.61. The molecule has 4 rings (SSSR count). The van der Waals surface area contributed by atoms with Crippen molar-refractivity contribution in [1.82, 2.24) is 20.2 Å². The summed E-state index contributed by atoms with van der Waals surface area (Å²) in [6.07, 6.45) is 12.2. The van der Waals surface area contributed by atoms with Crippen molar-refractivity contribution in [3.8, 4) is 0 Å². The van der Waals surface area contributed by atoms with Gasteiger partial charge in [0.1, 0.15) is 0 Å². The monoisotopic (exact) mass is 321 g/mol. The van der Waals surface area contributed by atoms with Crippen LogP contribution in [-0.4, -0.2) is 26.1 Å². The highest BCUT2D eigenvalue weighted by atomic mass is 16.2. The molecule has 6 nitrogen and oxygen atoms in total. The zero-order chi connectivity index (χ0) is 16.4. The highest BCUT2D eigenvalue weighted by molar-refractivity contribution is 6.02. The maximum atomic E-state index is 13.2. The van der Waals surface area contributed by atoms with E-state index in [1.54, 1.807) is 29.7 Å². The number of pyridine rings is 2. The van der Waals surface area contributed by atoms with E-state index in [1.165, 1.54) is 6.42 Å². The summed E-state index contributed by atoms with van der Waals surface area (Å²) in [6.45, 7) is 0. The number of hydrogen-bond donors (Lipinski definition) is 1. The molecule has 0 saturated heterocycles. The fourth-order valence-electron chi connectivity index (χ4n) is 3.37. The first kappa shape index (κ1) is 14.8. The fourth-order valence-corrected chi connectivity index (χ4v) is 3.37. The zero-order valence-corrected chi connectivity index (χ0v) is 13.4. The van der Waals surface area contributed by atoms with Gasteiger partial charge in [0.15, 0.2) is 5.65 Å². The normalized spacial score (nSPS) is 15.5. The van der Waals surface area contributed by atoms with E-state index in [0.29, 0.717) is 0 Å². The van der Waals surface area contributed by atoms with Gasteiger partial charge in [0.25, 0.3) is 0 Å². The molecule has 3 aromatic heterocycles. The summed E-state index contributed by atoms with van der Waals surface area (Å²) in [6, 6.07) is 5.70. The molecule has 6 heteroatoms. The smallest absolute Gasteiger partial charge is 0.234 e. The Kier molecular flexibility index (Phi) is 3.94. The van der Waals surface area contributed by atoms with Gasteiger partial charge in [-0.05, 0) is 31.0 Å². The van der Waals surface area contributed by atoms with Crippen molar-refractivity contribution in [2.75, 3.05) is 4.90 Å². The summed E-state index contributed by atoms with van der Waals surface area (Å²) in [7, 11) is 0. The molecule has 1 fully saturated rings. The van der Waals surface area contributed by atoms with E-state index < -0.39 is 0 Å². The van der Waals surface area contributed by atoms with Gasteiger partial charge in [-0.2, -0.15) is 5.10 Å². The zero-order valence-electron chi connectivity index (χ0n) is 13.4. The van der Waals surface area contributed by atoms with Crippen LogP contribution in [0.25, 0.3) is 11.0 Å². The number of anilines is 2. The number of amides is 1. The number of rotatable bonds is 3. The topological polar surface area (TPSA) is 74.8 Å². The standard InChI is InChI=1S/C18H19N5O/c24-18(13-5-2-1-3-6-13)23(15-7-4-8-19-11-15)16-9-14-10-21-22-17(14)20-12-16/h4,7-13H,1-3,5-6H2,(H,20,21,22). The quantitative estimate of drug-likeness (QED) is 0.800. The van der Waals surface area contributed by atoms with Crippen LogP contribution in [0, 0.1) is 5.92 Å². The molecule has 0 bridgehead atoms. The molecule has 122 valence electrons. The number of nitrogens with zero attached hydrogens (tertiary/aromatic N) is 4. The molecular formula is C18H19N5O. The molecule has 3 heterocycles. The number of nitrogens with one attached hydrogen (secondary N) is 1. The number of H-pyrrole nitrogens is 1. The molecular weight excluding hydrogens is 302 g/mol. The largest absolute Gasteiger partial charge is 0.278 e. The highest BCUT2D eigenvalue weighted by Gasteiger charge is 2.28. The number of aromatic amines is 1. The first-order chi connectivity index (χ1) is 11.8. The van der Waals surface area contributed by atoms with Crippen molar-refractivity contribution in [1.29, 1.82) is 0 Å². The van der Waals surface area contributed by atoms with Crippen molar-refractivity contribution in [3.63, 3.8) is 0 Å². The van der Waals surface area contributed by atoms with Gasteiger partial charge in [-0.3, -0.25) is 19.8 Å². The summed E-state index contributed by atoms with van der Waals surface area (Å²) in [5.74, 6) is 0.200. The number of carbonyl (C=O) groups excluding carboxylic acids is 1. The molecule has 1 amide bonds. The van der Waals surface area contributed by atoms with E-state index in [4.69, 9.17) is 0 Å². The lowest BCUT2D eigenvalue weighted by Gasteiger charge is -2.29. The minimum Gasteiger partial charge on any atom is -0.278 e. The molecule has 0 aromatic carbocycles. The predicted octanol–water partition coefficient (Wildman–Crippen LogP) is 3.60. The van der Waals surface area contributed by atoms with Gasteiger partial charge >= 0.3 is 0 Å².